The van der Waals surface area contributed by atoms with E-state index in [9.17, 15) is 0 Å². The minimum absolute atomic E-state index is 0.284. The normalized spacial score (nSPS) is 38.6. The molecule has 0 unspecified atom stereocenters. The molecular weight excluding hydrogens is 272 g/mol. The number of hydrogen-bond donors (Lipinski definition) is 0. The summed E-state index contributed by atoms with van der Waals surface area (Å²) in [4.78, 5) is 0. The lowest BCUT2D eigenvalue weighted by atomic mass is 9.56. The average Bonchev–Trinajstić information content (AvgIpc) is 2.39. The molecule has 1 saturated carbocycles. The molecule has 2 rings (SSSR count). The molecule has 2 aliphatic rings. The van der Waals surface area contributed by atoms with Gasteiger partial charge in [-0.25, -0.2) is 0 Å². The van der Waals surface area contributed by atoms with Gasteiger partial charge in [-0.2, -0.15) is 0 Å². The molecule has 0 heterocycles. The van der Waals surface area contributed by atoms with Gasteiger partial charge in [-0.05, 0) is 67.6 Å². The molecule has 3 atom stereocenters. The average molecular weight is 307 g/mol. The van der Waals surface area contributed by atoms with Crippen molar-refractivity contribution in [2.45, 2.75) is 73.0 Å². The fraction of sp³-hybridized carbons (Fsp3) is 0.789. The van der Waals surface area contributed by atoms with Crippen molar-refractivity contribution in [2.24, 2.45) is 22.2 Å². The number of hydrogen-bond acceptors (Lipinski definition) is 1. The van der Waals surface area contributed by atoms with Crippen LogP contribution < -0.4 is 0 Å². The molecule has 0 aromatic carbocycles. The zero-order valence-electron chi connectivity index (χ0n) is 15.2. The van der Waals surface area contributed by atoms with Gasteiger partial charge in [0.05, 0.1) is 5.76 Å². The molecule has 2 aliphatic carbocycles. The fourth-order valence-corrected chi connectivity index (χ4v) is 5.85. The molecule has 0 aromatic heterocycles. The van der Waals surface area contributed by atoms with Gasteiger partial charge in [-0.15, -0.1) is 6.58 Å². The third-order valence-electron chi connectivity index (χ3n) is 6.63. The van der Waals surface area contributed by atoms with Crippen LogP contribution in [0.5, 0.6) is 0 Å². The molecular formula is C19H34OSi. The highest BCUT2D eigenvalue weighted by molar-refractivity contribution is 6.70. The third kappa shape index (κ3) is 2.54. The molecule has 120 valence electrons. The van der Waals surface area contributed by atoms with E-state index in [0.29, 0.717) is 16.7 Å². The van der Waals surface area contributed by atoms with E-state index in [-0.39, 0.29) is 5.41 Å². The first-order valence-electron chi connectivity index (χ1n) is 8.47. The van der Waals surface area contributed by atoms with Gasteiger partial charge in [0.15, 0.2) is 0 Å². The second-order valence-corrected chi connectivity index (χ2v) is 13.7. The Morgan fingerprint density at radius 2 is 1.90 bits per heavy atom. The van der Waals surface area contributed by atoms with Crippen molar-refractivity contribution in [1.29, 1.82) is 0 Å². The van der Waals surface area contributed by atoms with E-state index >= 15 is 0 Å². The van der Waals surface area contributed by atoms with Gasteiger partial charge < -0.3 is 4.43 Å². The molecule has 0 amide bonds. The Kier molecular flexibility index (Phi) is 4.02. The minimum atomic E-state index is -1.55. The van der Waals surface area contributed by atoms with Crippen LogP contribution in [0, 0.1) is 22.2 Å². The third-order valence-corrected chi connectivity index (χ3v) is 7.48. The summed E-state index contributed by atoms with van der Waals surface area (Å²) in [6.07, 6.45) is 9.30. The monoisotopic (exact) mass is 306 g/mol. The topological polar surface area (TPSA) is 9.23 Å². The molecule has 0 saturated heterocycles. The Hall–Kier alpha value is -0.503. The van der Waals surface area contributed by atoms with E-state index in [0.717, 1.165) is 12.8 Å². The van der Waals surface area contributed by atoms with Gasteiger partial charge in [0, 0.05) is 5.92 Å². The Bertz CT molecular complexity index is 457. The van der Waals surface area contributed by atoms with Crippen molar-refractivity contribution in [3.8, 4) is 0 Å². The van der Waals surface area contributed by atoms with E-state index < -0.39 is 8.32 Å². The fourth-order valence-electron chi connectivity index (χ4n) is 4.91. The lowest BCUT2D eigenvalue weighted by molar-refractivity contribution is 0.00433. The van der Waals surface area contributed by atoms with Gasteiger partial charge >= 0.3 is 0 Å². The van der Waals surface area contributed by atoms with E-state index in [4.69, 9.17) is 4.43 Å². The molecule has 0 N–H and O–H groups in total. The Labute approximate surface area is 133 Å². The molecule has 2 heteroatoms. The van der Waals surface area contributed by atoms with Crippen LogP contribution in [-0.2, 0) is 4.43 Å². The number of allylic oxidation sites excluding steroid dienone is 3. The molecule has 0 aromatic rings. The van der Waals surface area contributed by atoms with E-state index in [1.807, 2.05) is 0 Å². The van der Waals surface area contributed by atoms with Crippen molar-refractivity contribution >= 4 is 8.32 Å². The Balaban J connectivity index is 2.44. The Morgan fingerprint density at radius 3 is 2.43 bits per heavy atom. The second kappa shape index (κ2) is 5.01. The molecule has 0 aliphatic heterocycles. The summed E-state index contributed by atoms with van der Waals surface area (Å²) in [5.41, 5.74) is 0.970. The van der Waals surface area contributed by atoms with Gasteiger partial charge in [-0.1, -0.05) is 33.8 Å². The van der Waals surface area contributed by atoms with Crippen LogP contribution in [0.2, 0.25) is 19.6 Å². The van der Waals surface area contributed by atoms with Crippen molar-refractivity contribution in [1.82, 2.24) is 0 Å². The summed E-state index contributed by atoms with van der Waals surface area (Å²) in [7, 11) is -1.55. The van der Waals surface area contributed by atoms with Crippen LogP contribution in [0.15, 0.2) is 24.5 Å². The molecule has 0 spiro atoms. The standard InChI is InChI=1S/C19H34OSi/c1-9-12-18(4)14-15-16(20-21(6,7)8)11-10-13-19(18,5)17(15,2)3/h9,11,15H,1,10,12-14H2,2-8H3/t15-,18+,19+/m0/s1. The largest absolute Gasteiger partial charge is 0.547 e. The quantitative estimate of drug-likeness (QED) is 0.447. The molecule has 21 heavy (non-hydrogen) atoms. The summed E-state index contributed by atoms with van der Waals surface area (Å²) in [5.74, 6) is 1.86. The summed E-state index contributed by atoms with van der Waals surface area (Å²) in [5, 5.41) is 0. The summed E-state index contributed by atoms with van der Waals surface area (Å²) in [6.45, 7) is 20.8. The predicted molar refractivity (Wildman–Crippen MR) is 94.7 cm³/mol. The maximum atomic E-state index is 6.52. The first-order valence-corrected chi connectivity index (χ1v) is 11.9. The molecule has 0 radical (unpaired) electrons. The van der Waals surface area contributed by atoms with Gasteiger partial charge in [0.25, 0.3) is 0 Å². The van der Waals surface area contributed by atoms with Crippen molar-refractivity contribution < 1.29 is 4.43 Å². The predicted octanol–water partition coefficient (Wildman–Crippen LogP) is 6.15. The van der Waals surface area contributed by atoms with Crippen LogP contribution in [0.1, 0.15) is 53.4 Å². The first-order chi connectivity index (χ1) is 9.47. The SMILES string of the molecule is C=CC[C@]1(C)C[C@H]2C(O[Si](C)(C)C)=CCC[C@]1(C)C2(C)C. The smallest absolute Gasteiger partial charge is 0.241 e. The van der Waals surface area contributed by atoms with Gasteiger partial charge in [0.1, 0.15) is 0 Å². The lowest BCUT2D eigenvalue weighted by Gasteiger charge is -2.49. The van der Waals surface area contributed by atoms with Gasteiger partial charge in [-0.3, -0.25) is 0 Å². The van der Waals surface area contributed by atoms with Crippen molar-refractivity contribution in [3.63, 3.8) is 0 Å². The van der Waals surface area contributed by atoms with Crippen LogP contribution >= 0.6 is 0 Å². The highest BCUT2D eigenvalue weighted by Crippen LogP contribution is 2.71. The van der Waals surface area contributed by atoms with Crippen LogP contribution in [0.25, 0.3) is 0 Å². The summed E-state index contributed by atoms with van der Waals surface area (Å²) >= 11 is 0. The Morgan fingerprint density at radius 1 is 1.29 bits per heavy atom. The molecule has 1 fully saturated rings. The zero-order chi connectivity index (χ0) is 16.1. The van der Waals surface area contributed by atoms with E-state index in [1.165, 1.54) is 18.6 Å². The highest BCUT2D eigenvalue weighted by atomic mass is 28.4. The van der Waals surface area contributed by atoms with E-state index in [1.54, 1.807) is 0 Å². The number of rotatable bonds is 4. The zero-order valence-corrected chi connectivity index (χ0v) is 16.2. The minimum Gasteiger partial charge on any atom is -0.547 e. The van der Waals surface area contributed by atoms with Crippen molar-refractivity contribution in [3.05, 3.63) is 24.5 Å². The molecule has 1 nitrogen and oxygen atoms in total. The van der Waals surface area contributed by atoms with Crippen LogP contribution in [0.4, 0.5) is 0 Å². The van der Waals surface area contributed by atoms with Crippen LogP contribution in [0.3, 0.4) is 0 Å². The maximum absolute atomic E-state index is 6.52. The number of fused-ring (bicyclic) bond motifs is 2. The molecule has 2 bridgehead atoms. The van der Waals surface area contributed by atoms with E-state index in [2.05, 4.69) is 66.1 Å². The maximum Gasteiger partial charge on any atom is 0.241 e. The first kappa shape index (κ1) is 16.9. The van der Waals surface area contributed by atoms with Crippen molar-refractivity contribution in [2.75, 3.05) is 0 Å². The summed E-state index contributed by atoms with van der Waals surface area (Å²) in [6, 6.07) is 0. The summed E-state index contributed by atoms with van der Waals surface area (Å²) < 4.78 is 6.52. The van der Waals surface area contributed by atoms with Gasteiger partial charge in [0.2, 0.25) is 8.32 Å². The van der Waals surface area contributed by atoms with Crippen LogP contribution in [-0.4, -0.2) is 8.32 Å². The highest BCUT2D eigenvalue weighted by Gasteiger charge is 2.63. The lowest BCUT2D eigenvalue weighted by Crippen LogP contribution is -2.42. The second-order valence-electron chi connectivity index (χ2n) is 9.22.